The molecule has 2 aromatic rings. The summed E-state index contributed by atoms with van der Waals surface area (Å²) >= 11 is 0. The first-order valence-corrected chi connectivity index (χ1v) is 9.63. The number of hydrogen-bond acceptors (Lipinski definition) is 4. The fourth-order valence-electron chi connectivity index (χ4n) is 3.53. The molecule has 2 aromatic carbocycles. The lowest BCUT2D eigenvalue weighted by molar-refractivity contribution is 0.390. The van der Waals surface area contributed by atoms with E-state index in [2.05, 4.69) is 45.8 Å². The van der Waals surface area contributed by atoms with Gasteiger partial charge in [-0.05, 0) is 42.2 Å². The number of hydrogen-bond donors (Lipinski definition) is 2. The molecule has 6 nitrogen and oxygen atoms in total. The predicted molar refractivity (Wildman–Crippen MR) is 115 cm³/mol. The lowest BCUT2D eigenvalue weighted by Gasteiger charge is -2.28. The Kier molecular flexibility index (Phi) is 6.63. The van der Waals surface area contributed by atoms with Gasteiger partial charge in [-0.25, -0.2) is 0 Å². The molecule has 1 heterocycles. The number of aryl methyl sites for hydroxylation is 1. The Morgan fingerprint density at radius 1 is 1.07 bits per heavy atom. The number of benzene rings is 2. The molecule has 1 aliphatic heterocycles. The molecule has 0 spiro atoms. The van der Waals surface area contributed by atoms with Gasteiger partial charge in [-0.3, -0.25) is 4.99 Å². The topological polar surface area (TPSA) is 58.1 Å². The molecule has 0 aromatic heterocycles. The Balaban J connectivity index is 1.58. The molecule has 3 rings (SSSR count). The van der Waals surface area contributed by atoms with E-state index in [4.69, 9.17) is 9.47 Å². The molecule has 1 aliphatic rings. The zero-order valence-electron chi connectivity index (χ0n) is 17.2. The van der Waals surface area contributed by atoms with Crippen LogP contribution in [0.15, 0.2) is 41.4 Å². The van der Waals surface area contributed by atoms with Crippen LogP contribution in [-0.4, -0.2) is 40.8 Å². The number of methoxy groups -OCH3 is 2. The van der Waals surface area contributed by atoms with Crippen molar-refractivity contribution in [1.82, 2.24) is 10.6 Å². The third-order valence-electron chi connectivity index (χ3n) is 5.12. The molecule has 0 saturated heterocycles. The maximum atomic E-state index is 5.46. The molecule has 0 atom stereocenters. The van der Waals surface area contributed by atoms with Crippen LogP contribution in [0.2, 0.25) is 0 Å². The highest BCUT2D eigenvalue weighted by Crippen LogP contribution is 2.27. The molecule has 0 fully saturated rings. The summed E-state index contributed by atoms with van der Waals surface area (Å²) in [6.45, 7) is 2.48. The van der Waals surface area contributed by atoms with Gasteiger partial charge >= 0.3 is 0 Å². The average molecular weight is 383 g/mol. The molecular weight excluding hydrogens is 352 g/mol. The van der Waals surface area contributed by atoms with Crippen molar-refractivity contribution in [2.75, 3.05) is 39.8 Å². The number of fused-ring (bicyclic) bond motifs is 1. The second-order valence-corrected chi connectivity index (χ2v) is 6.95. The Morgan fingerprint density at radius 3 is 2.64 bits per heavy atom. The second kappa shape index (κ2) is 9.35. The maximum Gasteiger partial charge on any atom is 0.191 e. The van der Waals surface area contributed by atoms with Crippen LogP contribution in [0.25, 0.3) is 0 Å². The van der Waals surface area contributed by atoms with Gasteiger partial charge in [0.2, 0.25) is 0 Å². The summed E-state index contributed by atoms with van der Waals surface area (Å²) in [6, 6.07) is 12.5. The molecule has 6 heteroatoms. The first-order chi connectivity index (χ1) is 13.6. The van der Waals surface area contributed by atoms with Crippen LogP contribution < -0.4 is 25.0 Å². The van der Waals surface area contributed by atoms with E-state index in [0.717, 1.165) is 42.5 Å². The van der Waals surface area contributed by atoms with Gasteiger partial charge in [0.25, 0.3) is 0 Å². The third kappa shape index (κ3) is 4.68. The van der Waals surface area contributed by atoms with Crippen molar-refractivity contribution in [3.8, 4) is 11.5 Å². The van der Waals surface area contributed by atoms with Crippen molar-refractivity contribution in [2.24, 2.45) is 4.99 Å². The van der Waals surface area contributed by atoms with E-state index in [9.17, 15) is 0 Å². The van der Waals surface area contributed by atoms with Gasteiger partial charge in [0.05, 0.1) is 14.2 Å². The quantitative estimate of drug-likeness (QED) is 0.594. The lowest BCUT2D eigenvalue weighted by Crippen LogP contribution is -2.36. The van der Waals surface area contributed by atoms with E-state index in [-0.39, 0.29) is 0 Å². The van der Waals surface area contributed by atoms with E-state index < -0.39 is 0 Å². The molecule has 0 bridgehead atoms. The summed E-state index contributed by atoms with van der Waals surface area (Å²) in [5.74, 6) is 2.33. The van der Waals surface area contributed by atoms with Crippen molar-refractivity contribution in [1.29, 1.82) is 0 Å². The highest BCUT2D eigenvalue weighted by Gasteiger charge is 2.13. The van der Waals surface area contributed by atoms with Gasteiger partial charge in [0.1, 0.15) is 11.5 Å². The number of nitrogens with zero attached hydrogens (tertiary/aromatic N) is 2. The smallest absolute Gasteiger partial charge is 0.191 e. The maximum absolute atomic E-state index is 5.46. The molecule has 0 amide bonds. The van der Waals surface area contributed by atoms with Crippen molar-refractivity contribution < 1.29 is 9.47 Å². The lowest BCUT2D eigenvalue weighted by atomic mass is 9.99. The molecule has 150 valence electrons. The molecule has 28 heavy (non-hydrogen) atoms. The van der Waals surface area contributed by atoms with Gasteiger partial charge in [-0.15, -0.1) is 0 Å². The highest BCUT2D eigenvalue weighted by molar-refractivity contribution is 5.79. The van der Waals surface area contributed by atoms with E-state index in [1.165, 1.54) is 23.2 Å². The number of anilines is 1. The summed E-state index contributed by atoms with van der Waals surface area (Å²) in [5, 5.41) is 6.74. The minimum absolute atomic E-state index is 0.613. The molecule has 0 unspecified atom stereocenters. The summed E-state index contributed by atoms with van der Waals surface area (Å²) < 4.78 is 10.7. The van der Waals surface area contributed by atoms with Gasteiger partial charge in [-0.1, -0.05) is 12.1 Å². The predicted octanol–water partition coefficient (Wildman–Crippen LogP) is 2.95. The SMILES string of the molecule is CN=C(NCc1ccc2c(c1)CCCN2C)NCc1ccc(OC)cc1OC. The van der Waals surface area contributed by atoms with Crippen molar-refractivity contribution in [3.63, 3.8) is 0 Å². The molecular formula is C22H30N4O2. The van der Waals surface area contributed by atoms with Crippen LogP contribution in [0.5, 0.6) is 11.5 Å². The zero-order valence-corrected chi connectivity index (χ0v) is 17.2. The average Bonchev–Trinajstić information content (AvgIpc) is 2.74. The summed E-state index contributed by atoms with van der Waals surface area (Å²) in [5.41, 5.74) is 5.09. The summed E-state index contributed by atoms with van der Waals surface area (Å²) in [7, 11) is 7.26. The number of nitrogens with one attached hydrogen (secondary N) is 2. The van der Waals surface area contributed by atoms with Gasteiger partial charge in [0.15, 0.2) is 5.96 Å². The molecule has 0 radical (unpaired) electrons. The zero-order chi connectivity index (χ0) is 19.9. The minimum atomic E-state index is 0.613. The van der Waals surface area contributed by atoms with Crippen molar-refractivity contribution in [3.05, 3.63) is 53.1 Å². The number of rotatable bonds is 6. The molecule has 2 N–H and O–H groups in total. The summed E-state index contributed by atoms with van der Waals surface area (Å²) in [6.07, 6.45) is 2.37. The van der Waals surface area contributed by atoms with Crippen LogP contribution in [0.4, 0.5) is 5.69 Å². The Bertz CT molecular complexity index is 835. The number of aliphatic imine (C=N–C) groups is 1. The van der Waals surface area contributed by atoms with Crippen LogP contribution in [0.3, 0.4) is 0 Å². The third-order valence-corrected chi connectivity index (χ3v) is 5.12. The Hall–Kier alpha value is -2.89. The number of ether oxygens (including phenoxy) is 2. The van der Waals surface area contributed by atoms with E-state index in [0.29, 0.717) is 6.54 Å². The summed E-state index contributed by atoms with van der Waals surface area (Å²) in [4.78, 5) is 6.66. The fourth-order valence-corrected chi connectivity index (χ4v) is 3.53. The van der Waals surface area contributed by atoms with Crippen molar-refractivity contribution >= 4 is 11.6 Å². The van der Waals surface area contributed by atoms with E-state index >= 15 is 0 Å². The Labute approximate surface area is 167 Å². The normalized spacial score (nSPS) is 13.7. The standard InChI is InChI=1S/C22H30N4O2/c1-23-22(25-15-18-8-9-19(27-3)13-21(18)28-4)24-14-16-7-10-20-17(12-16)6-5-11-26(20)2/h7-10,12-13H,5-6,11,14-15H2,1-4H3,(H2,23,24,25). The number of guanidine groups is 1. The van der Waals surface area contributed by atoms with Gasteiger partial charge in [0, 0.05) is 51.0 Å². The van der Waals surface area contributed by atoms with Crippen LogP contribution in [0, 0.1) is 0 Å². The minimum Gasteiger partial charge on any atom is -0.497 e. The van der Waals surface area contributed by atoms with Gasteiger partial charge in [-0.2, -0.15) is 0 Å². The largest absolute Gasteiger partial charge is 0.497 e. The van der Waals surface area contributed by atoms with Crippen LogP contribution in [-0.2, 0) is 19.5 Å². The van der Waals surface area contributed by atoms with Gasteiger partial charge < -0.3 is 25.0 Å². The van der Waals surface area contributed by atoms with Crippen molar-refractivity contribution in [2.45, 2.75) is 25.9 Å². The molecule has 0 saturated carbocycles. The second-order valence-electron chi connectivity index (χ2n) is 6.95. The van der Waals surface area contributed by atoms with E-state index in [1.807, 2.05) is 18.2 Å². The first-order valence-electron chi connectivity index (χ1n) is 9.63. The fraction of sp³-hybridized carbons (Fsp3) is 0.409. The first kappa shape index (κ1) is 19.9. The highest BCUT2D eigenvalue weighted by atomic mass is 16.5. The monoisotopic (exact) mass is 382 g/mol. The Morgan fingerprint density at radius 2 is 1.89 bits per heavy atom. The van der Waals surface area contributed by atoms with E-state index in [1.54, 1.807) is 21.3 Å². The van der Waals surface area contributed by atoms with Crippen LogP contribution >= 0.6 is 0 Å². The van der Waals surface area contributed by atoms with Crippen LogP contribution in [0.1, 0.15) is 23.1 Å². The molecule has 0 aliphatic carbocycles.